The Morgan fingerprint density at radius 1 is 0.704 bits per heavy atom. The van der Waals surface area contributed by atoms with Crippen molar-refractivity contribution in [3.63, 3.8) is 0 Å². The van der Waals surface area contributed by atoms with Crippen molar-refractivity contribution in [2.75, 3.05) is 6.61 Å². The second-order valence-corrected chi connectivity index (χ2v) is 7.41. The fraction of sp³-hybridized carbons (Fsp3) is 0.857. The summed E-state index contributed by atoms with van der Waals surface area (Å²) < 4.78 is 4.46. The lowest BCUT2D eigenvalue weighted by atomic mass is 9.94. The number of rotatable bonds is 19. The SMILES string of the molecule is CC(CCCCCCCCCCOC(=O)O)C(=O)CCCCCCC(=O)O. The molecule has 0 fully saturated rings. The molecule has 0 aliphatic carbocycles. The smallest absolute Gasteiger partial charge is 0.481 e. The highest BCUT2D eigenvalue weighted by molar-refractivity contribution is 5.80. The van der Waals surface area contributed by atoms with Crippen LogP contribution in [0.4, 0.5) is 4.79 Å². The van der Waals surface area contributed by atoms with Crippen molar-refractivity contribution >= 4 is 17.9 Å². The lowest BCUT2D eigenvalue weighted by molar-refractivity contribution is -0.137. The van der Waals surface area contributed by atoms with Gasteiger partial charge in [-0.2, -0.15) is 0 Å². The predicted molar refractivity (Wildman–Crippen MR) is 105 cm³/mol. The van der Waals surface area contributed by atoms with Gasteiger partial charge in [0, 0.05) is 18.8 Å². The van der Waals surface area contributed by atoms with Crippen LogP contribution in [0.3, 0.4) is 0 Å². The van der Waals surface area contributed by atoms with Crippen molar-refractivity contribution in [3.8, 4) is 0 Å². The fourth-order valence-corrected chi connectivity index (χ4v) is 3.11. The molecule has 1 atom stereocenters. The Labute approximate surface area is 163 Å². The molecule has 27 heavy (non-hydrogen) atoms. The van der Waals surface area contributed by atoms with Gasteiger partial charge in [0.25, 0.3) is 0 Å². The average Bonchev–Trinajstić information content (AvgIpc) is 2.61. The monoisotopic (exact) mass is 386 g/mol. The zero-order chi connectivity index (χ0) is 20.3. The highest BCUT2D eigenvalue weighted by atomic mass is 16.7. The van der Waals surface area contributed by atoms with E-state index >= 15 is 0 Å². The number of carboxylic acids is 1. The molecular formula is C21H38O6. The van der Waals surface area contributed by atoms with Gasteiger partial charge in [0.15, 0.2) is 0 Å². The Morgan fingerprint density at radius 2 is 1.19 bits per heavy atom. The topological polar surface area (TPSA) is 101 Å². The Balaban J connectivity index is 3.37. The maximum absolute atomic E-state index is 12.1. The summed E-state index contributed by atoms with van der Waals surface area (Å²) in [6, 6.07) is 0. The van der Waals surface area contributed by atoms with Crippen molar-refractivity contribution < 1.29 is 29.3 Å². The van der Waals surface area contributed by atoms with Crippen LogP contribution >= 0.6 is 0 Å². The molecule has 0 radical (unpaired) electrons. The van der Waals surface area contributed by atoms with E-state index in [4.69, 9.17) is 10.2 Å². The largest absolute Gasteiger partial charge is 0.505 e. The van der Waals surface area contributed by atoms with E-state index in [1.807, 2.05) is 6.92 Å². The average molecular weight is 387 g/mol. The van der Waals surface area contributed by atoms with Gasteiger partial charge in [0.1, 0.15) is 5.78 Å². The summed E-state index contributed by atoms with van der Waals surface area (Å²) >= 11 is 0. The Bertz CT molecular complexity index is 407. The number of Topliss-reactive ketones (excluding diaryl/α,β-unsaturated/α-hetero) is 1. The van der Waals surface area contributed by atoms with Gasteiger partial charge < -0.3 is 14.9 Å². The molecule has 0 saturated carbocycles. The molecule has 158 valence electrons. The van der Waals surface area contributed by atoms with Gasteiger partial charge in [-0.1, -0.05) is 64.7 Å². The minimum absolute atomic E-state index is 0.137. The first-order chi connectivity index (χ1) is 12.9. The number of carbonyl (C=O) groups is 3. The van der Waals surface area contributed by atoms with Crippen molar-refractivity contribution in [1.29, 1.82) is 0 Å². The van der Waals surface area contributed by atoms with E-state index in [1.54, 1.807) is 0 Å². The summed E-state index contributed by atoms with van der Waals surface area (Å²) in [6.07, 6.45) is 12.8. The first-order valence-electron chi connectivity index (χ1n) is 10.5. The van der Waals surface area contributed by atoms with Gasteiger partial charge in [-0.15, -0.1) is 0 Å². The third kappa shape index (κ3) is 19.0. The number of aliphatic carboxylic acids is 1. The van der Waals surface area contributed by atoms with Crippen LogP contribution in [0.25, 0.3) is 0 Å². The van der Waals surface area contributed by atoms with Crippen molar-refractivity contribution in [1.82, 2.24) is 0 Å². The molecule has 2 N–H and O–H groups in total. The number of hydrogen-bond acceptors (Lipinski definition) is 4. The quantitative estimate of drug-likeness (QED) is 0.214. The van der Waals surface area contributed by atoms with Crippen LogP contribution in [0.2, 0.25) is 0 Å². The molecule has 0 spiro atoms. The van der Waals surface area contributed by atoms with E-state index in [-0.39, 0.29) is 12.3 Å². The van der Waals surface area contributed by atoms with Crippen LogP contribution in [-0.2, 0) is 14.3 Å². The van der Waals surface area contributed by atoms with Crippen LogP contribution in [0.1, 0.15) is 103 Å². The first kappa shape index (κ1) is 25.4. The van der Waals surface area contributed by atoms with E-state index < -0.39 is 12.1 Å². The molecule has 0 aromatic carbocycles. The summed E-state index contributed by atoms with van der Waals surface area (Å²) in [6.45, 7) is 2.32. The van der Waals surface area contributed by atoms with E-state index in [1.165, 1.54) is 19.3 Å². The second kappa shape index (κ2) is 17.8. The van der Waals surface area contributed by atoms with Gasteiger partial charge in [-0.05, 0) is 25.7 Å². The molecule has 0 heterocycles. The maximum Gasteiger partial charge on any atom is 0.505 e. The number of carboxylic acid groups (broad SMARTS) is 2. The van der Waals surface area contributed by atoms with Crippen molar-refractivity contribution in [2.24, 2.45) is 5.92 Å². The molecule has 0 aliphatic rings. The van der Waals surface area contributed by atoms with E-state index in [0.29, 0.717) is 25.2 Å². The zero-order valence-corrected chi connectivity index (χ0v) is 16.9. The van der Waals surface area contributed by atoms with Gasteiger partial charge in [0.05, 0.1) is 6.61 Å². The normalized spacial score (nSPS) is 11.9. The van der Waals surface area contributed by atoms with Crippen LogP contribution in [0.5, 0.6) is 0 Å². The Hall–Kier alpha value is -1.59. The van der Waals surface area contributed by atoms with E-state index in [9.17, 15) is 14.4 Å². The molecule has 0 bridgehead atoms. The standard InChI is InChI=1S/C21H38O6/c1-18(19(22)15-11-7-8-12-16-20(23)24)14-10-6-4-2-3-5-9-13-17-27-21(25)26/h18H,2-17H2,1H3,(H,23,24)(H,25,26). The minimum Gasteiger partial charge on any atom is -0.481 e. The molecule has 1 unspecified atom stereocenters. The summed E-state index contributed by atoms with van der Waals surface area (Å²) in [5, 5.41) is 16.9. The second-order valence-electron chi connectivity index (χ2n) is 7.41. The molecular weight excluding hydrogens is 348 g/mol. The molecule has 0 aliphatic heterocycles. The number of unbranched alkanes of at least 4 members (excludes halogenated alkanes) is 10. The summed E-state index contributed by atoms with van der Waals surface area (Å²) in [7, 11) is 0. The van der Waals surface area contributed by atoms with Gasteiger partial charge >= 0.3 is 12.1 Å². The zero-order valence-electron chi connectivity index (χ0n) is 16.9. The summed E-state index contributed by atoms with van der Waals surface area (Å²) in [4.78, 5) is 32.7. The third-order valence-corrected chi connectivity index (χ3v) is 4.87. The number of ether oxygens (including phenoxy) is 1. The lowest BCUT2D eigenvalue weighted by Gasteiger charge is -2.10. The van der Waals surface area contributed by atoms with Crippen molar-refractivity contribution in [3.05, 3.63) is 0 Å². The van der Waals surface area contributed by atoms with Crippen LogP contribution in [-0.4, -0.2) is 34.7 Å². The molecule has 0 amide bonds. The molecule has 0 saturated heterocycles. The van der Waals surface area contributed by atoms with Crippen LogP contribution in [0, 0.1) is 5.92 Å². The first-order valence-corrected chi connectivity index (χ1v) is 10.5. The third-order valence-electron chi connectivity index (χ3n) is 4.87. The molecule has 6 nitrogen and oxygen atoms in total. The predicted octanol–water partition coefficient (Wildman–Crippen LogP) is 5.82. The Morgan fingerprint density at radius 3 is 1.74 bits per heavy atom. The molecule has 6 heteroatoms. The molecule has 0 aromatic rings. The van der Waals surface area contributed by atoms with Crippen molar-refractivity contribution in [2.45, 2.75) is 103 Å². The number of carbonyl (C=O) groups excluding carboxylic acids is 1. The van der Waals surface area contributed by atoms with Gasteiger partial charge in [-0.3, -0.25) is 9.59 Å². The number of hydrogen-bond donors (Lipinski definition) is 2. The van der Waals surface area contributed by atoms with Crippen LogP contribution < -0.4 is 0 Å². The van der Waals surface area contributed by atoms with Gasteiger partial charge in [0.2, 0.25) is 0 Å². The minimum atomic E-state index is -1.20. The van der Waals surface area contributed by atoms with Gasteiger partial charge in [-0.25, -0.2) is 4.79 Å². The van der Waals surface area contributed by atoms with E-state index in [0.717, 1.165) is 57.8 Å². The highest BCUT2D eigenvalue weighted by Gasteiger charge is 2.11. The maximum atomic E-state index is 12.1. The summed E-state index contributed by atoms with van der Waals surface area (Å²) in [5.41, 5.74) is 0. The number of ketones is 1. The van der Waals surface area contributed by atoms with Crippen LogP contribution in [0.15, 0.2) is 0 Å². The molecule has 0 aromatic heterocycles. The molecule has 0 rings (SSSR count). The fourth-order valence-electron chi connectivity index (χ4n) is 3.11. The summed E-state index contributed by atoms with van der Waals surface area (Å²) in [5.74, 6) is -0.264. The Kier molecular flexibility index (Phi) is 16.8. The van der Waals surface area contributed by atoms with E-state index in [2.05, 4.69) is 4.74 Å². The lowest BCUT2D eigenvalue weighted by Crippen LogP contribution is -2.10. The highest BCUT2D eigenvalue weighted by Crippen LogP contribution is 2.16.